The zero-order valence-electron chi connectivity index (χ0n) is 17.2. The molecule has 2 heterocycles. The third-order valence-corrected chi connectivity index (χ3v) is 6.04. The second-order valence-electron chi connectivity index (χ2n) is 8.08. The minimum absolute atomic E-state index is 0.0668. The van der Waals surface area contributed by atoms with Gasteiger partial charge in [-0.15, -0.1) is 0 Å². The Bertz CT molecular complexity index is 653. The van der Waals surface area contributed by atoms with E-state index in [1.165, 1.54) is 5.56 Å². The van der Waals surface area contributed by atoms with Crippen LogP contribution in [0.15, 0.2) is 24.3 Å². The zero-order chi connectivity index (χ0) is 19.9. The molecule has 0 saturated carbocycles. The molecule has 0 radical (unpaired) electrons. The highest BCUT2D eigenvalue weighted by atomic mass is 16.5. The summed E-state index contributed by atoms with van der Waals surface area (Å²) in [6.07, 6.45) is 4.78. The molecule has 0 atom stereocenters. The lowest BCUT2D eigenvalue weighted by molar-refractivity contribution is -0.138. The molecule has 2 saturated heterocycles. The van der Waals surface area contributed by atoms with E-state index in [-0.39, 0.29) is 18.4 Å². The second-order valence-corrected chi connectivity index (χ2v) is 8.08. The van der Waals surface area contributed by atoms with E-state index in [0.717, 1.165) is 64.2 Å². The Morgan fingerprint density at radius 2 is 1.89 bits per heavy atom. The smallest absolute Gasteiger partial charge is 0.241 e. The number of nitrogens with zero attached hydrogens (tertiary/aromatic N) is 3. The van der Waals surface area contributed by atoms with Crippen molar-refractivity contribution < 1.29 is 14.3 Å². The SMILES string of the molecule is COc1ccc(CCN2CCC(CN(C)C(=O)CN3CCCC3=O)CC2)cc1. The van der Waals surface area contributed by atoms with Gasteiger partial charge in [-0.3, -0.25) is 9.59 Å². The maximum atomic E-state index is 12.4. The summed E-state index contributed by atoms with van der Waals surface area (Å²) in [5.41, 5.74) is 1.34. The Kier molecular flexibility index (Phi) is 7.31. The van der Waals surface area contributed by atoms with Crippen molar-refractivity contribution in [3.8, 4) is 5.75 Å². The molecule has 6 nitrogen and oxygen atoms in total. The fraction of sp³-hybridized carbons (Fsp3) is 0.636. The first-order valence-corrected chi connectivity index (χ1v) is 10.4. The van der Waals surface area contributed by atoms with E-state index in [2.05, 4.69) is 17.0 Å². The van der Waals surface area contributed by atoms with Gasteiger partial charge in [-0.1, -0.05) is 12.1 Å². The summed E-state index contributed by atoms with van der Waals surface area (Å²) in [6.45, 7) is 5.03. The number of ether oxygens (including phenoxy) is 1. The molecule has 154 valence electrons. The van der Waals surface area contributed by atoms with Crippen molar-refractivity contribution in [2.24, 2.45) is 5.92 Å². The minimum atomic E-state index is 0.0668. The molecule has 0 N–H and O–H groups in total. The molecule has 28 heavy (non-hydrogen) atoms. The van der Waals surface area contributed by atoms with E-state index in [4.69, 9.17) is 4.74 Å². The highest BCUT2D eigenvalue weighted by Gasteiger charge is 2.26. The molecule has 1 aromatic rings. The van der Waals surface area contributed by atoms with Crippen LogP contribution in [0, 0.1) is 5.92 Å². The summed E-state index contributed by atoms with van der Waals surface area (Å²) in [4.78, 5) is 30.1. The average Bonchev–Trinajstić information content (AvgIpc) is 3.12. The fourth-order valence-electron chi connectivity index (χ4n) is 4.12. The highest BCUT2D eigenvalue weighted by molar-refractivity contribution is 5.85. The summed E-state index contributed by atoms with van der Waals surface area (Å²) >= 11 is 0. The number of methoxy groups -OCH3 is 1. The highest BCUT2D eigenvalue weighted by Crippen LogP contribution is 2.19. The van der Waals surface area contributed by atoms with Crippen LogP contribution < -0.4 is 4.74 Å². The third-order valence-electron chi connectivity index (χ3n) is 6.04. The van der Waals surface area contributed by atoms with Gasteiger partial charge in [0.25, 0.3) is 0 Å². The van der Waals surface area contributed by atoms with Crippen LogP contribution in [0.5, 0.6) is 5.75 Å². The normalized spacial score (nSPS) is 18.5. The van der Waals surface area contributed by atoms with Gasteiger partial charge in [0.05, 0.1) is 13.7 Å². The van der Waals surface area contributed by atoms with Crippen LogP contribution in [0.1, 0.15) is 31.2 Å². The predicted octanol–water partition coefficient (Wildman–Crippen LogP) is 2.03. The van der Waals surface area contributed by atoms with Gasteiger partial charge in [-0.05, 0) is 62.4 Å². The Morgan fingerprint density at radius 1 is 1.18 bits per heavy atom. The Morgan fingerprint density at radius 3 is 2.50 bits per heavy atom. The molecule has 2 aliphatic heterocycles. The topological polar surface area (TPSA) is 53.1 Å². The Labute approximate surface area is 168 Å². The number of benzene rings is 1. The van der Waals surface area contributed by atoms with Crippen molar-refractivity contribution in [3.05, 3.63) is 29.8 Å². The number of likely N-dealkylation sites (N-methyl/N-ethyl adjacent to an activating group) is 1. The van der Waals surface area contributed by atoms with Crippen LogP contribution in [-0.4, -0.2) is 79.9 Å². The first kappa shape index (κ1) is 20.6. The summed E-state index contributed by atoms with van der Waals surface area (Å²) in [5.74, 6) is 1.64. The van der Waals surface area contributed by atoms with Crippen molar-refractivity contribution in [2.75, 3.05) is 53.4 Å². The van der Waals surface area contributed by atoms with E-state index in [9.17, 15) is 9.59 Å². The van der Waals surface area contributed by atoms with E-state index in [1.54, 1.807) is 12.0 Å². The third kappa shape index (κ3) is 5.71. The molecular weight excluding hydrogens is 354 g/mol. The van der Waals surface area contributed by atoms with Gasteiger partial charge >= 0.3 is 0 Å². The summed E-state index contributed by atoms with van der Waals surface area (Å²) in [7, 11) is 3.56. The standard InChI is InChI=1S/C22H33N3O3/c1-23(22(27)17-25-12-3-4-21(25)26)16-19-10-14-24(15-11-19)13-9-18-5-7-20(28-2)8-6-18/h5-8,19H,3-4,9-17H2,1-2H3. The maximum absolute atomic E-state index is 12.4. The zero-order valence-corrected chi connectivity index (χ0v) is 17.2. The molecule has 0 aromatic heterocycles. The minimum Gasteiger partial charge on any atom is -0.497 e. The van der Waals surface area contributed by atoms with E-state index in [0.29, 0.717) is 12.3 Å². The van der Waals surface area contributed by atoms with Gasteiger partial charge in [0.1, 0.15) is 5.75 Å². The molecular formula is C22H33N3O3. The quantitative estimate of drug-likeness (QED) is 0.685. The molecule has 2 aliphatic rings. The number of carbonyl (C=O) groups is 2. The van der Waals surface area contributed by atoms with Crippen molar-refractivity contribution in [1.29, 1.82) is 0 Å². The second kappa shape index (κ2) is 9.92. The monoisotopic (exact) mass is 387 g/mol. The van der Waals surface area contributed by atoms with E-state index < -0.39 is 0 Å². The van der Waals surface area contributed by atoms with Crippen LogP contribution in [-0.2, 0) is 16.0 Å². The van der Waals surface area contributed by atoms with E-state index >= 15 is 0 Å². The van der Waals surface area contributed by atoms with Crippen LogP contribution >= 0.6 is 0 Å². The van der Waals surface area contributed by atoms with Crippen LogP contribution in [0.2, 0.25) is 0 Å². The predicted molar refractivity (Wildman–Crippen MR) is 109 cm³/mol. The van der Waals surface area contributed by atoms with Crippen LogP contribution in [0.4, 0.5) is 0 Å². The lowest BCUT2D eigenvalue weighted by Gasteiger charge is -2.34. The molecule has 0 unspecified atom stereocenters. The van der Waals surface area contributed by atoms with Gasteiger partial charge in [0, 0.05) is 33.1 Å². The first-order valence-electron chi connectivity index (χ1n) is 10.4. The molecule has 2 fully saturated rings. The van der Waals surface area contributed by atoms with Gasteiger partial charge in [0.2, 0.25) is 11.8 Å². The summed E-state index contributed by atoms with van der Waals surface area (Å²) in [6, 6.07) is 8.31. The van der Waals surface area contributed by atoms with Gasteiger partial charge in [-0.2, -0.15) is 0 Å². The number of hydrogen-bond donors (Lipinski definition) is 0. The molecule has 0 spiro atoms. The number of amides is 2. The lowest BCUT2D eigenvalue weighted by atomic mass is 9.96. The molecule has 6 heteroatoms. The summed E-state index contributed by atoms with van der Waals surface area (Å²) in [5, 5.41) is 0. The van der Waals surface area contributed by atoms with Crippen molar-refractivity contribution in [1.82, 2.24) is 14.7 Å². The van der Waals surface area contributed by atoms with Crippen LogP contribution in [0.25, 0.3) is 0 Å². The lowest BCUT2D eigenvalue weighted by Crippen LogP contribution is -2.43. The van der Waals surface area contributed by atoms with Crippen LogP contribution in [0.3, 0.4) is 0 Å². The first-order chi connectivity index (χ1) is 13.5. The number of likely N-dealkylation sites (tertiary alicyclic amines) is 2. The van der Waals surface area contributed by atoms with Crippen molar-refractivity contribution in [2.45, 2.75) is 32.1 Å². The molecule has 3 rings (SSSR count). The number of rotatable bonds is 8. The van der Waals surface area contributed by atoms with Gasteiger partial charge < -0.3 is 19.4 Å². The number of carbonyl (C=O) groups excluding carboxylic acids is 2. The van der Waals surface area contributed by atoms with Crippen molar-refractivity contribution >= 4 is 11.8 Å². The number of hydrogen-bond acceptors (Lipinski definition) is 4. The molecule has 2 amide bonds. The molecule has 1 aromatic carbocycles. The average molecular weight is 388 g/mol. The Balaban J connectivity index is 1.35. The van der Waals surface area contributed by atoms with E-state index in [1.807, 2.05) is 24.1 Å². The number of piperidine rings is 1. The summed E-state index contributed by atoms with van der Waals surface area (Å²) < 4.78 is 5.21. The Hall–Kier alpha value is -2.08. The molecule has 0 aliphatic carbocycles. The van der Waals surface area contributed by atoms with Gasteiger partial charge in [0.15, 0.2) is 0 Å². The fourth-order valence-corrected chi connectivity index (χ4v) is 4.12. The molecule has 0 bridgehead atoms. The largest absolute Gasteiger partial charge is 0.497 e. The van der Waals surface area contributed by atoms with Gasteiger partial charge in [-0.25, -0.2) is 0 Å². The van der Waals surface area contributed by atoms with Crippen molar-refractivity contribution in [3.63, 3.8) is 0 Å². The maximum Gasteiger partial charge on any atom is 0.241 e.